The van der Waals surface area contributed by atoms with E-state index >= 15 is 0 Å². The molecule has 1 aromatic heterocycles. The van der Waals surface area contributed by atoms with Gasteiger partial charge in [-0.15, -0.1) is 0 Å². The van der Waals surface area contributed by atoms with Crippen LogP contribution >= 0.6 is 8.24 Å². The minimum Gasteiger partial charge on any atom is -0.507 e. The van der Waals surface area contributed by atoms with Gasteiger partial charge in [-0.2, -0.15) is 0 Å². The van der Waals surface area contributed by atoms with Crippen LogP contribution in [0.2, 0.25) is 0 Å². The minimum absolute atomic E-state index is 0.0183. The zero-order chi connectivity index (χ0) is 36.2. The van der Waals surface area contributed by atoms with E-state index in [1.807, 2.05) is 6.92 Å². The van der Waals surface area contributed by atoms with Crippen molar-refractivity contribution in [3.63, 3.8) is 0 Å². The highest BCUT2D eigenvalue weighted by Gasteiger charge is 2.29. The molecule has 0 fully saturated rings. The van der Waals surface area contributed by atoms with Crippen LogP contribution in [0.3, 0.4) is 0 Å². The molecule has 0 saturated heterocycles. The number of aromatic hydroxyl groups is 1. The second-order valence-corrected chi connectivity index (χ2v) is 20.2. The molecule has 4 rings (SSSR count). The van der Waals surface area contributed by atoms with Crippen LogP contribution in [-0.2, 0) is 22.7 Å². The summed E-state index contributed by atoms with van der Waals surface area (Å²) in [6.07, 6.45) is 8.69. The van der Waals surface area contributed by atoms with Gasteiger partial charge in [-0.05, 0) is 75.2 Å². The lowest BCUT2D eigenvalue weighted by Crippen LogP contribution is -2.31. The summed E-state index contributed by atoms with van der Waals surface area (Å²) in [5.41, 5.74) is 7.93. The molecule has 4 nitrogen and oxygen atoms in total. The summed E-state index contributed by atoms with van der Waals surface area (Å²) in [6.45, 7) is 36.2. The van der Waals surface area contributed by atoms with Gasteiger partial charge in [0.15, 0.2) is 0 Å². The summed E-state index contributed by atoms with van der Waals surface area (Å²) in [4.78, 5) is 0. The van der Waals surface area contributed by atoms with E-state index in [0.29, 0.717) is 12.4 Å². The van der Waals surface area contributed by atoms with Crippen LogP contribution in [0.1, 0.15) is 138 Å². The van der Waals surface area contributed by atoms with Gasteiger partial charge in [0, 0.05) is 27.7 Å². The van der Waals surface area contributed by atoms with Crippen molar-refractivity contribution in [1.82, 2.24) is 0 Å². The molecule has 0 amide bonds. The Labute approximate surface area is 292 Å². The van der Waals surface area contributed by atoms with Crippen LogP contribution in [0.15, 0.2) is 44.8 Å². The van der Waals surface area contributed by atoms with Gasteiger partial charge < -0.3 is 13.5 Å². The third-order valence-corrected chi connectivity index (χ3v) is 10.5. The van der Waals surface area contributed by atoms with Crippen LogP contribution < -0.4 is 15.2 Å². The van der Waals surface area contributed by atoms with E-state index in [-0.39, 0.29) is 33.0 Å². The summed E-state index contributed by atoms with van der Waals surface area (Å²) < 4.78 is 20.5. The van der Waals surface area contributed by atoms with Gasteiger partial charge in [-0.3, -0.25) is 4.52 Å². The largest absolute Gasteiger partial charge is 0.507 e. The number of aryl methyl sites for hydroxylation is 2. The molecule has 1 N–H and O–H groups in total. The van der Waals surface area contributed by atoms with E-state index in [1.54, 1.807) is 0 Å². The fraction of sp³-hybridized carbons (Fsp3) is 0.581. The fourth-order valence-electron chi connectivity index (χ4n) is 6.29. The number of fused-ring (bicyclic) bond motifs is 3. The van der Waals surface area contributed by atoms with Crippen LogP contribution in [0.25, 0.3) is 22.6 Å². The van der Waals surface area contributed by atoms with Crippen molar-refractivity contribution in [1.29, 1.82) is 0 Å². The average Bonchev–Trinajstić information content (AvgIpc) is 3.19. The Bertz CT molecular complexity index is 1850. The molecule has 0 aliphatic heterocycles. The van der Waals surface area contributed by atoms with Gasteiger partial charge in [-0.25, -0.2) is 0 Å². The Morgan fingerprint density at radius 2 is 1.38 bits per heavy atom. The number of benzene rings is 2. The van der Waals surface area contributed by atoms with Gasteiger partial charge in [0.25, 0.3) is 0 Å². The van der Waals surface area contributed by atoms with E-state index in [0.717, 1.165) is 51.1 Å². The van der Waals surface area contributed by atoms with E-state index in [2.05, 4.69) is 146 Å². The second-order valence-electron chi connectivity index (χ2n) is 19.1. The first-order chi connectivity index (χ1) is 21.8. The highest BCUT2D eigenvalue weighted by Crippen LogP contribution is 2.39. The molecule has 2 aromatic carbocycles. The van der Waals surface area contributed by atoms with Crippen molar-refractivity contribution in [2.75, 3.05) is 6.61 Å². The predicted molar refractivity (Wildman–Crippen MR) is 206 cm³/mol. The Balaban J connectivity index is 1.97. The number of hydrogen-bond donors (Lipinski definition) is 1. The summed E-state index contributed by atoms with van der Waals surface area (Å²) in [7, 11) is -1.75. The normalized spacial score (nSPS) is 16.5. The molecule has 0 bridgehead atoms. The first-order valence-electron chi connectivity index (χ1n) is 17.7. The quantitative estimate of drug-likeness (QED) is 0.274. The lowest BCUT2D eigenvalue weighted by molar-refractivity contribution is 0.354. The molecule has 1 aliphatic carbocycles. The van der Waals surface area contributed by atoms with Crippen molar-refractivity contribution in [3.8, 4) is 5.75 Å². The SMILES string of the molecule is Cc1cc(CCCOp2oc3c(c4cc(C(C)(C)C)cc(C(C)(C)C)c4o2)=CC(C(C)(C)C)C=CC=3C(C)(C)C)cc(C(C)(C)C)c1O. The molecule has 1 heterocycles. The monoisotopic (exact) mass is 674 g/mol. The van der Waals surface area contributed by atoms with Gasteiger partial charge in [-0.1, -0.05) is 140 Å². The third kappa shape index (κ3) is 8.54. The van der Waals surface area contributed by atoms with Crippen LogP contribution in [0.5, 0.6) is 5.75 Å². The van der Waals surface area contributed by atoms with Crippen molar-refractivity contribution in [2.45, 2.75) is 140 Å². The summed E-state index contributed by atoms with van der Waals surface area (Å²) >= 11 is 0. The van der Waals surface area contributed by atoms with Gasteiger partial charge in [0.05, 0.1) is 6.61 Å². The van der Waals surface area contributed by atoms with Crippen molar-refractivity contribution < 1.29 is 18.0 Å². The van der Waals surface area contributed by atoms with Crippen molar-refractivity contribution in [3.05, 3.63) is 74.9 Å². The maximum absolute atomic E-state index is 10.7. The molecule has 0 spiro atoms. The van der Waals surface area contributed by atoms with E-state index in [9.17, 15) is 5.11 Å². The molecular formula is C43H63O4P. The van der Waals surface area contributed by atoms with Crippen LogP contribution in [0, 0.1) is 23.7 Å². The number of allylic oxidation sites excluding steroid dienone is 2. The molecular weight excluding hydrogens is 611 g/mol. The first-order valence-corrected chi connectivity index (χ1v) is 18.8. The molecule has 0 radical (unpaired) electrons. The number of phenolic OH excluding ortho intramolecular Hbond substituents is 1. The zero-order valence-corrected chi connectivity index (χ0v) is 33.8. The Morgan fingerprint density at radius 3 is 1.92 bits per heavy atom. The van der Waals surface area contributed by atoms with Crippen molar-refractivity contribution in [2.24, 2.45) is 16.7 Å². The number of hydrogen-bond acceptors (Lipinski definition) is 4. The lowest BCUT2D eigenvalue weighted by atomic mass is 9.78. The standard InChI is InChI=1S/C43H63O4P/c1-27-22-28(23-34(36(27)44)42(11,12)13)18-17-21-45-48-46-37-31(24-29(39(2,3)4)19-20-33(37)41(8,9)10)32-25-30(40(5,6)7)26-35(38(32)47-48)43(14,15)16/h19-20,22-26,29,44H,17-18,21H2,1-16H3. The Kier molecular flexibility index (Phi) is 10.5. The van der Waals surface area contributed by atoms with Crippen LogP contribution in [0.4, 0.5) is 0 Å². The van der Waals surface area contributed by atoms with E-state index in [1.165, 1.54) is 16.7 Å². The first kappa shape index (κ1) is 38.1. The smallest absolute Gasteiger partial charge is 0.387 e. The molecule has 264 valence electrons. The Morgan fingerprint density at radius 1 is 0.750 bits per heavy atom. The van der Waals surface area contributed by atoms with Gasteiger partial charge >= 0.3 is 8.24 Å². The van der Waals surface area contributed by atoms with Crippen molar-refractivity contribution >= 4 is 30.9 Å². The maximum Gasteiger partial charge on any atom is 0.387 e. The molecule has 0 saturated carbocycles. The molecule has 48 heavy (non-hydrogen) atoms. The van der Waals surface area contributed by atoms with Crippen LogP contribution in [-0.4, -0.2) is 11.7 Å². The number of phenols is 1. The third-order valence-electron chi connectivity index (χ3n) is 9.47. The summed E-state index contributed by atoms with van der Waals surface area (Å²) in [6, 6.07) is 8.91. The summed E-state index contributed by atoms with van der Waals surface area (Å²) in [5.74, 6) is 0.597. The average molecular weight is 675 g/mol. The van der Waals surface area contributed by atoms with E-state index in [4.69, 9.17) is 12.9 Å². The molecule has 2 atom stereocenters. The molecule has 3 aromatic rings. The molecule has 1 aliphatic rings. The Hall–Kier alpha value is -2.68. The lowest BCUT2D eigenvalue weighted by Gasteiger charge is -2.26. The fourth-order valence-corrected chi connectivity index (χ4v) is 7.41. The van der Waals surface area contributed by atoms with Gasteiger partial charge in [0.2, 0.25) is 0 Å². The minimum atomic E-state index is -1.75. The summed E-state index contributed by atoms with van der Waals surface area (Å²) in [5, 5.41) is 12.9. The molecule has 5 heteroatoms. The van der Waals surface area contributed by atoms with E-state index < -0.39 is 8.24 Å². The highest BCUT2D eigenvalue weighted by atomic mass is 31.1. The molecule has 2 unspecified atom stereocenters. The predicted octanol–water partition coefficient (Wildman–Crippen LogP) is 11.3. The second kappa shape index (κ2) is 13.2. The van der Waals surface area contributed by atoms with Gasteiger partial charge in [0.1, 0.15) is 16.7 Å². The zero-order valence-electron chi connectivity index (χ0n) is 32.9. The highest BCUT2D eigenvalue weighted by molar-refractivity contribution is 7.31. The topological polar surface area (TPSA) is 55.7 Å². The maximum atomic E-state index is 10.7. The number of rotatable bonds is 5.